The van der Waals surface area contributed by atoms with Crippen LogP contribution in [0.2, 0.25) is 10.0 Å². The molecule has 1 nitrogen and oxygen atoms in total. The molecule has 19 heavy (non-hydrogen) atoms. The Morgan fingerprint density at radius 3 is 2.53 bits per heavy atom. The van der Waals surface area contributed by atoms with Gasteiger partial charge in [0.1, 0.15) is 11.6 Å². The summed E-state index contributed by atoms with van der Waals surface area (Å²) in [6.45, 7) is 0. The second kappa shape index (κ2) is 6.04. The average molecular weight is 323 g/mol. The van der Waals surface area contributed by atoms with Crippen LogP contribution in [0.25, 0.3) is 0 Å². The highest BCUT2D eigenvalue weighted by Gasteiger charge is 2.17. The van der Waals surface area contributed by atoms with Gasteiger partial charge in [-0.05, 0) is 30.2 Å². The fourth-order valence-corrected chi connectivity index (χ4v) is 2.33. The second-order valence-corrected chi connectivity index (χ2v) is 5.27. The van der Waals surface area contributed by atoms with Crippen molar-refractivity contribution in [1.82, 2.24) is 4.98 Å². The van der Waals surface area contributed by atoms with E-state index in [-0.39, 0.29) is 17.0 Å². The van der Waals surface area contributed by atoms with Crippen LogP contribution in [-0.4, -0.2) is 4.98 Å². The van der Waals surface area contributed by atoms with Crippen molar-refractivity contribution >= 4 is 34.8 Å². The van der Waals surface area contributed by atoms with E-state index in [9.17, 15) is 8.78 Å². The van der Waals surface area contributed by atoms with E-state index in [0.29, 0.717) is 10.6 Å². The van der Waals surface area contributed by atoms with Crippen molar-refractivity contribution in [1.29, 1.82) is 0 Å². The Bertz CT molecular complexity index is 604. The van der Waals surface area contributed by atoms with E-state index in [2.05, 4.69) is 4.98 Å². The standard InChI is InChI=1S/C13H8Cl3F2N/c14-9(3-7-1-2-19-6-11(7)16)8-4-13(18)10(15)5-12(8)17/h1-2,4-6,9H,3H2. The van der Waals surface area contributed by atoms with Crippen molar-refractivity contribution in [3.8, 4) is 0 Å². The fourth-order valence-electron chi connectivity index (χ4n) is 1.65. The summed E-state index contributed by atoms with van der Waals surface area (Å²) in [7, 11) is 0. The van der Waals surface area contributed by atoms with Gasteiger partial charge in [-0.25, -0.2) is 8.78 Å². The molecule has 0 amide bonds. The van der Waals surface area contributed by atoms with E-state index in [0.717, 1.165) is 12.1 Å². The van der Waals surface area contributed by atoms with E-state index in [1.54, 1.807) is 12.3 Å². The molecule has 2 aromatic rings. The van der Waals surface area contributed by atoms with Crippen LogP contribution in [0.4, 0.5) is 8.78 Å². The molecule has 0 radical (unpaired) electrons. The molecule has 0 aliphatic carbocycles. The Balaban J connectivity index is 2.28. The van der Waals surface area contributed by atoms with Crippen LogP contribution in [0, 0.1) is 11.6 Å². The molecule has 1 unspecified atom stereocenters. The number of benzene rings is 1. The van der Waals surface area contributed by atoms with Crippen LogP contribution >= 0.6 is 34.8 Å². The van der Waals surface area contributed by atoms with Crippen LogP contribution in [0.5, 0.6) is 0 Å². The molecule has 1 aromatic carbocycles. The molecule has 0 aliphatic heterocycles. The topological polar surface area (TPSA) is 12.9 Å². The molecule has 0 aliphatic rings. The summed E-state index contributed by atoms with van der Waals surface area (Å²) >= 11 is 17.5. The fraction of sp³-hybridized carbons (Fsp3) is 0.154. The second-order valence-electron chi connectivity index (χ2n) is 3.93. The van der Waals surface area contributed by atoms with Gasteiger partial charge in [0.2, 0.25) is 0 Å². The van der Waals surface area contributed by atoms with Gasteiger partial charge < -0.3 is 0 Å². The molecular formula is C13H8Cl3F2N. The van der Waals surface area contributed by atoms with Crippen molar-refractivity contribution in [3.05, 3.63) is 63.4 Å². The molecule has 1 aromatic heterocycles. The van der Waals surface area contributed by atoms with Crippen molar-refractivity contribution < 1.29 is 8.78 Å². The third kappa shape index (κ3) is 3.35. The zero-order valence-corrected chi connectivity index (χ0v) is 11.8. The molecule has 0 N–H and O–H groups in total. The molecular weight excluding hydrogens is 315 g/mol. The van der Waals surface area contributed by atoms with Crippen molar-refractivity contribution in [2.75, 3.05) is 0 Å². The monoisotopic (exact) mass is 321 g/mol. The number of alkyl halides is 1. The van der Waals surface area contributed by atoms with Gasteiger partial charge in [0.05, 0.1) is 15.4 Å². The quantitative estimate of drug-likeness (QED) is 0.560. The van der Waals surface area contributed by atoms with Crippen LogP contribution in [0.15, 0.2) is 30.6 Å². The molecule has 1 atom stereocenters. The number of hydrogen-bond acceptors (Lipinski definition) is 1. The number of hydrogen-bond donors (Lipinski definition) is 0. The molecule has 0 spiro atoms. The van der Waals surface area contributed by atoms with Gasteiger partial charge in [0.15, 0.2) is 0 Å². The lowest BCUT2D eigenvalue weighted by Crippen LogP contribution is -2.01. The minimum Gasteiger partial charge on any atom is -0.263 e. The maximum atomic E-state index is 13.7. The van der Waals surface area contributed by atoms with E-state index in [1.165, 1.54) is 6.20 Å². The minimum atomic E-state index is -0.744. The van der Waals surface area contributed by atoms with Crippen molar-refractivity contribution in [2.24, 2.45) is 0 Å². The highest BCUT2D eigenvalue weighted by molar-refractivity contribution is 6.31. The zero-order valence-electron chi connectivity index (χ0n) is 9.51. The predicted molar refractivity (Wildman–Crippen MR) is 72.9 cm³/mol. The molecule has 0 fully saturated rings. The van der Waals surface area contributed by atoms with E-state index in [1.807, 2.05) is 0 Å². The number of pyridine rings is 1. The molecule has 1 heterocycles. The van der Waals surface area contributed by atoms with Gasteiger partial charge in [-0.2, -0.15) is 0 Å². The Kier molecular flexibility index (Phi) is 4.61. The average Bonchev–Trinajstić information content (AvgIpc) is 2.36. The molecule has 0 bridgehead atoms. The van der Waals surface area contributed by atoms with Gasteiger partial charge in [-0.1, -0.05) is 23.2 Å². The van der Waals surface area contributed by atoms with Gasteiger partial charge >= 0.3 is 0 Å². The first-order valence-corrected chi connectivity index (χ1v) is 6.55. The summed E-state index contributed by atoms with van der Waals surface area (Å²) in [6, 6.07) is 3.60. The lowest BCUT2D eigenvalue weighted by Gasteiger charge is -2.12. The van der Waals surface area contributed by atoms with E-state index in [4.69, 9.17) is 34.8 Å². The number of halogens is 5. The van der Waals surface area contributed by atoms with Gasteiger partial charge in [-0.15, -0.1) is 11.6 Å². The van der Waals surface area contributed by atoms with Crippen LogP contribution in [0.3, 0.4) is 0 Å². The first-order valence-electron chi connectivity index (χ1n) is 5.36. The maximum Gasteiger partial charge on any atom is 0.142 e. The summed E-state index contributed by atoms with van der Waals surface area (Å²) in [6.07, 6.45) is 3.30. The summed E-state index contributed by atoms with van der Waals surface area (Å²) in [5.74, 6) is -1.35. The molecule has 100 valence electrons. The number of aromatic nitrogens is 1. The molecule has 0 saturated carbocycles. The lowest BCUT2D eigenvalue weighted by atomic mass is 10.0. The van der Waals surface area contributed by atoms with Crippen molar-refractivity contribution in [2.45, 2.75) is 11.8 Å². The normalized spacial score (nSPS) is 12.5. The Hall–Kier alpha value is -0.900. The van der Waals surface area contributed by atoms with Gasteiger partial charge in [-0.3, -0.25) is 4.98 Å². The van der Waals surface area contributed by atoms with E-state index >= 15 is 0 Å². The smallest absolute Gasteiger partial charge is 0.142 e. The molecule has 6 heteroatoms. The van der Waals surface area contributed by atoms with Crippen LogP contribution in [-0.2, 0) is 6.42 Å². The largest absolute Gasteiger partial charge is 0.263 e. The first-order chi connectivity index (χ1) is 8.99. The van der Waals surface area contributed by atoms with Crippen molar-refractivity contribution in [3.63, 3.8) is 0 Å². The van der Waals surface area contributed by atoms with E-state index < -0.39 is 17.0 Å². The van der Waals surface area contributed by atoms with Gasteiger partial charge in [0.25, 0.3) is 0 Å². The Morgan fingerprint density at radius 2 is 1.84 bits per heavy atom. The Labute approximate surface area is 124 Å². The zero-order chi connectivity index (χ0) is 14.0. The first kappa shape index (κ1) is 14.5. The minimum absolute atomic E-state index is 0.0523. The maximum absolute atomic E-state index is 13.7. The lowest BCUT2D eigenvalue weighted by molar-refractivity contribution is 0.582. The summed E-state index contributed by atoms with van der Waals surface area (Å²) in [4.78, 5) is 3.84. The van der Waals surface area contributed by atoms with Crippen LogP contribution in [0.1, 0.15) is 16.5 Å². The molecule has 2 rings (SSSR count). The SMILES string of the molecule is Fc1cc(C(Cl)Cc2ccncc2Cl)c(F)cc1Cl. The third-order valence-corrected chi connectivity index (χ3v) is 3.65. The third-order valence-electron chi connectivity index (χ3n) is 2.63. The predicted octanol–water partition coefficient (Wildman–Crippen LogP) is 5.19. The molecule has 0 saturated heterocycles. The summed E-state index contributed by atoms with van der Waals surface area (Å²) < 4.78 is 27.0. The Morgan fingerprint density at radius 1 is 1.11 bits per heavy atom. The summed E-state index contributed by atoms with van der Waals surface area (Å²) in [5.41, 5.74) is 0.767. The number of rotatable bonds is 3. The van der Waals surface area contributed by atoms with Gasteiger partial charge in [0, 0.05) is 18.0 Å². The van der Waals surface area contributed by atoms with Crippen LogP contribution < -0.4 is 0 Å². The highest BCUT2D eigenvalue weighted by Crippen LogP contribution is 2.31. The number of nitrogens with zero attached hydrogens (tertiary/aromatic N) is 1. The summed E-state index contributed by atoms with van der Waals surface area (Å²) in [5, 5.41) is -0.582. The highest BCUT2D eigenvalue weighted by atomic mass is 35.5.